The zero-order valence-corrected chi connectivity index (χ0v) is 19.0. The molecule has 12 heteroatoms. The van der Waals surface area contributed by atoms with Crippen molar-refractivity contribution in [2.75, 3.05) is 0 Å². The second kappa shape index (κ2) is 9.71. The van der Waals surface area contributed by atoms with Gasteiger partial charge in [0.05, 0.1) is 21.2 Å². The highest BCUT2D eigenvalue weighted by Gasteiger charge is 2.17. The normalized spacial score (nSPS) is 12.9. The summed E-state index contributed by atoms with van der Waals surface area (Å²) in [4.78, 5) is 4.10. The molecule has 2 rings (SSSR count). The fourth-order valence-corrected chi connectivity index (χ4v) is 4.02. The molecule has 0 unspecified atom stereocenters. The van der Waals surface area contributed by atoms with Crippen LogP contribution in [0.3, 0.4) is 0 Å². The molecule has 0 saturated heterocycles. The van der Waals surface area contributed by atoms with Gasteiger partial charge in [-0.15, -0.1) is 0 Å². The number of aryl methyl sites for hydroxylation is 2. The summed E-state index contributed by atoms with van der Waals surface area (Å²) in [5, 5.41) is 19.8. The van der Waals surface area contributed by atoms with Crippen LogP contribution in [-0.2, 0) is 20.0 Å². The molecule has 0 heterocycles. The van der Waals surface area contributed by atoms with E-state index in [0.717, 1.165) is 11.1 Å². The Bertz CT molecular complexity index is 1140. The number of hydrogen-bond donors (Lipinski definition) is 3. The predicted octanol–water partition coefficient (Wildman–Crippen LogP) is 2.14. The number of benzene rings is 2. The monoisotopic (exact) mass is 465 g/mol. The lowest BCUT2D eigenvalue weighted by Crippen LogP contribution is -2.28. The Labute approximate surface area is 181 Å². The highest BCUT2D eigenvalue weighted by atomic mass is 32.2. The summed E-state index contributed by atoms with van der Waals surface area (Å²) >= 11 is 0. The van der Waals surface area contributed by atoms with Crippen LogP contribution >= 0.6 is 0 Å². The average Bonchev–Trinajstić information content (AvgIpc) is 2.72. The first-order valence-corrected chi connectivity index (χ1v) is 11.9. The smallest absolute Gasteiger partial charge is 0.276 e. The number of hydrogen-bond acceptors (Lipinski definition) is 8. The van der Waals surface area contributed by atoms with Crippen molar-refractivity contribution < 1.29 is 22.0 Å². The van der Waals surface area contributed by atoms with Crippen LogP contribution in [0.15, 0.2) is 73.7 Å². The molecular formula is C19H23N5O5S2. The molecule has 0 aromatic heterocycles. The number of rotatable bonds is 8. The molecule has 0 aliphatic rings. The second-order valence-electron chi connectivity index (χ2n) is 6.66. The molecule has 166 valence electrons. The molecular weight excluding hydrogens is 442 g/mol. The first-order chi connectivity index (χ1) is 14.5. The Morgan fingerprint density at radius 1 is 0.710 bits per heavy atom. The minimum absolute atomic E-state index is 0.00776. The Morgan fingerprint density at radius 2 is 1.03 bits per heavy atom. The maximum absolute atomic E-state index is 12.3. The predicted molar refractivity (Wildman–Crippen MR) is 118 cm³/mol. The van der Waals surface area contributed by atoms with Gasteiger partial charge in [-0.25, -0.2) is 0 Å². The second-order valence-corrected chi connectivity index (χ2v) is 9.98. The van der Waals surface area contributed by atoms with E-state index in [1.807, 2.05) is 23.5 Å². The highest BCUT2D eigenvalue weighted by molar-refractivity contribution is 7.89. The van der Waals surface area contributed by atoms with Gasteiger partial charge in [-0.3, -0.25) is 0 Å². The molecule has 2 aromatic carbocycles. The largest absolute Gasteiger partial charge is 0.410 e. The fraction of sp³-hybridized carbons (Fsp3) is 0.211. The van der Waals surface area contributed by atoms with Gasteiger partial charge in [0.2, 0.25) is 0 Å². The summed E-state index contributed by atoms with van der Waals surface area (Å²) in [5.41, 5.74) is 1.52. The zero-order chi connectivity index (χ0) is 23.2. The van der Waals surface area contributed by atoms with Gasteiger partial charge in [-0.1, -0.05) is 40.5 Å². The minimum Gasteiger partial charge on any atom is -0.410 e. The first kappa shape index (κ1) is 24.0. The summed E-state index contributed by atoms with van der Waals surface area (Å²) in [7, 11) is -7.88. The van der Waals surface area contributed by atoms with E-state index in [1.54, 1.807) is 24.3 Å². The standard InChI is InChI=1S/C19H23N5O5S2/c1-13-5-9-17(10-6-13)30(26,27)23-20-15(3)19(22-25)16(4)21-24-31(28,29)18-11-7-14(2)8-12-18/h5-12,23-25H,1-4H3. The molecule has 0 saturated carbocycles. The minimum atomic E-state index is -3.94. The maximum atomic E-state index is 12.3. The average molecular weight is 466 g/mol. The van der Waals surface area contributed by atoms with Gasteiger partial charge in [0.25, 0.3) is 20.0 Å². The third-order valence-corrected chi connectivity index (χ3v) is 6.56. The fourth-order valence-electron chi connectivity index (χ4n) is 2.31. The van der Waals surface area contributed by atoms with Crippen molar-refractivity contribution in [1.29, 1.82) is 0 Å². The Kier molecular flexibility index (Phi) is 7.52. The van der Waals surface area contributed by atoms with E-state index in [-0.39, 0.29) is 26.9 Å². The van der Waals surface area contributed by atoms with Crippen molar-refractivity contribution in [3.05, 3.63) is 59.7 Å². The lowest BCUT2D eigenvalue weighted by atomic mass is 10.2. The quantitative estimate of drug-likeness (QED) is 0.310. The molecule has 0 aliphatic heterocycles. The highest BCUT2D eigenvalue weighted by Crippen LogP contribution is 2.11. The van der Waals surface area contributed by atoms with Crippen molar-refractivity contribution in [2.45, 2.75) is 37.5 Å². The maximum Gasteiger partial charge on any atom is 0.276 e. The van der Waals surface area contributed by atoms with Crippen LogP contribution in [0, 0.1) is 13.8 Å². The molecule has 0 amide bonds. The van der Waals surface area contributed by atoms with E-state index in [2.05, 4.69) is 15.4 Å². The molecule has 10 nitrogen and oxygen atoms in total. The van der Waals surface area contributed by atoms with Crippen LogP contribution in [0.5, 0.6) is 0 Å². The summed E-state index contributed by atoms with van der Waals surface area (Å²) < 4.78 is 49.3. The molecule has 0 fully saturated rings. The van der Waals surface area contributed by atoms with Crippen molar-refractivity contribution in [2.24, 2.45) is 15.4 Å². The number of sulfonamides is 2. The van der Waals surface area contributed by atoms with Crippen LogP contribution in [0.2, 0.25) is 0 Å². The van der Waals surface area contributed by atoms with Gasteiger partial charge >= 0.3 is 0 Å². The Morgan fingerprint density at radius 3 is 1.32 bits per heavy atom. The van der Waals surface area contributed by atoms with E-state index >= 15 is 0 Å². The van der Waals surface area contributed by atoms with Crippen LogP contribution in [0.4, 0.5) is 0 Å². The van der Waals surface area contributed by atoms with E-state index in [0.29, 0.717) is 0 Å². The molecule has 31 heavy (non-hydrogen) atoms. The molecule has 0 aliphatic carbocycles. The van der Waals surface area contributed by atoms with Gasteiger partial charge in [0.15, 0.2) is 0 Å². The van der Waals surface area contributed by atoms with Crippen LogP contribution in [0.1, 0.15) is 25.0 Å². The molecule has 3 N–H and O–H groups in total. The van der Waals surface area contributed by atoms with E-state index < -0.39 is 20.0 Å². The van der Waals surface area contributed by atoms with Gasteiger partial charge in [-0.2, -0.15) is 36.7 Å². The SMILES string of the molecule is CC(=NNS(=O)(=O)c1ccc(C)cc1)C(=NO)C(C)=NNS(=O)(=O)c1ccc(C)cc1. The molecule has 0 atom stereocenters. The van der Waals surface area contributed by atoms with Gasteiger partial charge in [-0.05, 0) is 52.0 Å². The van der Waals surface area contributed by atoms with Crippen molar-refractivity contribution in [3.63, 3.8) is 0 Å². The van der Waals surface area contributed by atoms with E-state index in [1.165, 1.54) is 38.1 Å². The van der Waals surface area contributed by atoms with Crippen molar-refractivity contribution >= 4 is 37.2 Å². The molecule has 0 bridgehead atoms. The molecule has 2 aromatic rings. The van der Waals surface area contributed by atoms with Crippen molar-refractivity contribution in [1.82, 2.24) is 9.66 Å². The van der Waals surface area contributed by atoms with Gasteiger partial charge in [0, 0.05) is 0 Å². The van der Waals surface area contributed by atoms with Crippen LogP contribution < -0.4 is 9.66 Å². The molecule has 0 radical (unpaired) electrons. The number of hydrazone groups is 2. The van der Waals surface area contributed by atoms with E-state index in [4.69, 9.17) is 0 Å². The van der Waals surface area contributed by atoms with Gasteiger partial charge < -0.3 is 5.21 Å². The lowest BCUT2D eigenvalue weighted by Gasteiger charge is -2.08. The van der Waals surface area contributed by atoms with Crippen LogP contribution in [0.25, 0.3) is 0 Å². The summed E-state index contributed by atoms with van der Waals surface area (Å²) in [5.74, 6) is 0. The number of oxime groups is 1. The third kappa shape index (κ3) is 6.36. The number of nitrogens with zero attached hydrogens (tertiary/aromatic N) is 3. The van der Waals surface area contributed by atoms with Crippen LogP contribution in [-0.4, -0.2) is 39.2 Å². The van der Waals surface area contributed by atoms with E-state index in [9.17, 15) is 22.0 Å². The molecule has 0 spiro atoms. The summed E-state index contributed by atoms with van der Waals surface area (Å²) in [6, 6.07) is 12.3. The van der Waals surface area contributed by atoms with Gasteiger partial charge in [0.1, 0.15) is 5.71 Å². The first-order valence-electron chi connectivity index (χ1n) is 8.94. The lowest BCUT2D eigenvalue weighted by molar-refractivity contribution is 0.321. The summed E-state index contributed by atoms with van der Waals surface area (Å²) in [6.45, 7) is 6.40. The van der Waals surface area contributed by atoms with Crippen molar-refractivity contribution in [3.8, 4) is 0 Å². The summed E-state index contributed by atoms with van der Waals surface area (Å²) in [6.07, 6.45) is 0. The third-order valence-electron chi connectivity index (χ3n) is 4.12. The Balaban J connectivity index is 2.17. The topological polar surface area (TPSA) is 150 Å². The Hall–Kier alpha value is -3.25. The zero-order valence-electron chi connectivity index (χ0n) is 17.4. The number of nitrogens with one attached hydrogen (secondary N) is 2.